The second-order valence-electron chi connectivity index (χ2n) is 5.30. The number of hydrogen-bond donors (Lipinski definition) is 2. The number of nitrogens with one attached hydrogen (secondary N) is 1. The fraction of sp³-hybridized carbons (Fsp3) is 0.400. The van der Waals surface area contributed by atoms with Crippen molar-refractivity contribution < 1.29 is 9.90 Å². The third-order valence-corrected chi connectivity index (χ3v) is 4.21. The molecule has 1 aromatic rings. The molecule has 1 heterocycles. The van der Waals surface area contributed by atoms with E-state index in [0.717, 1.165) is 17.7 Å². The first-order chi connectivity index (χ1) is 8.59. The highest BCUT2D eigenvalue weighted by Crippen LogP contribution is 2.46. The van der Waals surface area contributed by atoms with E-state index in [1.54, 1.807) is 0 Å². The number of aliphatic carboxylic acids is 1. The van der Waals surface area contributed by atoms with Gasteiger partial charge in [0.1, 0.15) is 6.04 Å². The van der Waals surface area contributed by atoms with Gasteiger partial charge in [0.2, 0.25) is 0 Å². The quantitative estimate of drug-likeness (QED) is 0.746. The highest BCUT2D eigenvalue weighted by molar-refractivity contribution is 5.81. The molecule has 0 aromatic heterocycles. The van der Waals surface area contributed by atoms with E-state index in [2.05, 4.69) is 36.5 Å². The number of carboxylic acids is 1. The number of hydrogen-bond acceptors (Lipinski definition) is 2. The minimum atomic E-state index is -0.750. The van der Waals surface area contributed by atoms with Gasteiger partial charge < -0.3 is 10.4 Å². The summed E-state index contributed by atoms with van der Waals surface area (Å²) in [6.45, 7) is 4.13. The molecule has 0 spiro atoms. The average molecular weight is 243 g/mol. The zero-order valence-corrected chi connectivity index (χ0v) is 10.6. The number of allylic oxidation sites excluding steroid dienone is 2. The lowest BCUT2D eigenvalue weighted by Gasteiger charge is -2.36. The molecule has 0 saturated carbocycles. The van der Waals surface area contributed by atoms with Gasteiger partial charge in [-0.2, -0.15) is 0 Å². The maximum atomic E-state index is 11.4. The second kappa shape index (κ2) is 3.87. The Bertz CT molecular complexity index is 548. The van der Waals surface area contributed by atoms with Gasteiger partial charge in [0.05, 0.1) is 0 Å². The summed E-state index contributed by atoms with van der Waals surface area (Å²) >= 11 is 0. The molecule has 0 saturated heterocycles. The van der Waals surface area contributed by atoms with Crippen molar-refractivity contribution in [3.8, 4) is 0 Å². The minimum Gasteiger partial charge on any atom is -0.480 e. The molecule has 2 N–H and O–H groups in total. The van der Waals surface area contributed by atoms with Crippen LogP contribution in [0.15, 0.2) is 24.3 Å². The molecule has 2 aliphatic rings. The number of carboxylic acid groups (broad SMARTS) is 1. The monoisotopic (exact) mass is 243 g/mol. The molecule has 0 radical (unpaired) electrons. The second-order valence-corrected chi connectivity index (χ2v) is 5.30. The van der Waals surface area contributed by atoms with E-state index in [9.17, 15) is 9.90 Å². The molecule has 1 aliphatic heterocycles. The highest BCUT2D eigenvalue weighted by atomic mass is 16.4. The molecule has 94 valence electrons. The SMILES string of the molecule is Cc1ccc(C)c2c1N[C@H](C(=O)O)[C@@H]1CC=C[C@@H]21. The predicted molar refractivity (Wildman–Crippen MR) is 71.0 cm³/mol. The Kier molecular flexibility index (Phi) is 2.44. The van der Waals surface area contributed by atoms with Crippen LogP contribution in [0.4, 0.5) is 5.69 Å². The van der Waals surface area contributed by atoms with Crippen LogP contribution in [0.1, 0.15) is 29.0 Å². The summed E-state index contributed by atoms with van der Waals surface area (Å²) in [5, 5.41) is 12.6. The highest BCUT2D eigenvalue weighted by Gasteiger charge is 2.41. The predicted octanol–water partition coefficient (Wildman–Crippen LogP) is 2.84. The van der Waals surface area contributed by atoms with E-state index >= 15 is 0 Å². The van der Waals surface area contributed by atoms with Crippen LogP contribution in [0.5, 0.6) is 0 Å². The molecule has 3 nitrogen and oxygen atoms in total. The van der Waals surface area contributed by atoms with Crippen molar-refractivity contribution in [3.63, 3.8) is 0 Å². The molecule has 18 heavy (non-hydrogen) atoms. The van der Waals surface area contributed by atoms with Gasteiger partial charge >= 0.3 is 5.97 Å². The van der Waals surface area contributed by atoms with Gasteiger partial charge in [-0.25, -0.2) is 4.79 Å². The summed E-state index contributed by atoms with van der Waals surface area (Å²) in [6, 6.07) is 3.71. The molecular formula is C15H17NO2. The molecule has 0 bridgehead atoms. The zero-order chi connectivity index (χ0) is 12.9. The summed E-state index contributed by atoms with van der Waals surface area (Å²) < 4.78 is 0. The summed E-state index contributed by atoms with van der Waals surface area (Å²) in [4.78, 5) is 11.4. The number of aryl methyl sites for hydroxylation is 2. The first-order valence-corrected chi connectivity index (χ1v) is 6.35. The molecular weight excluding hydrogens is 226 g/mol. The number of benzene rings is 1. The maximum Gasteiger partial charge on any atom is 0.326 e. The Morgan fingerprint density at radius 2 is 2.06 bits per heavy atom. The smallest absolute Gasteiger partial charge is 0.326 e. The number of fused-ring (bicyclic) bond motifs is 3. The topological polar surface area (TPSA) is 49.3 Å². The van der Waals surface area contributed by atoms with E-state index in [1.165, 1.54) is 11.1 Å². The van der Waals surface area contributed by atoms with Crippen molar-refractivity contribution in [1.29, 1.82) is 0 Å². The van der Waals surface area contributed by atoms with E-state index in [-0.39, 0.29) is 11.8 Å². The fourth-order valence-corrected chi connectivity index (χ4v) is 3.29. The average Bonchev–Trinajstić information content (AvgIpc) is 2.81. The zero-order valence-electron chi connectivity index (χ0n) is 10.6. The van der Waals surface area contributed by atoms with Crippen molar-refractivity contribution in [2.75, 3.05) is 5.32 Å². The maximum absolute atomic E-state index is 11.4. The van der Waals surface area contributed by atoms with E-state index in [1.807, 2.05) is 6.92 Å². The van der Waals surface area contributed by atoms with Crippen molar-refractivity contribution in [2.24, 2.45) is 5.92 Å². The van der Waals surface area contributed by atoms with Gasteiger partial charge in [-0.3, -0.25) is 0 Å². The van der Waals surface area contributed by atoms with Crippen LogP contribution in [0.2, 0.25) is 0 Å². The van der Waals surface area contributed by atoms with Gasteiger partial charge in [0.15, 0.2) is 0 Å². The van der Waals surface area contributed by atoms with E-state index in [0.29, 0.717) is 0 Å². The third kappa shape index (κ3) is 1.47. The normalized spacial score (nSPS) is 28.4. The lowest BCUT2D eigenvalue weighted by atomic mass is 9.77. The Morgan fingerprint density at radius 1 is 1.33 bits per heavy atom. The Balaban J connectivity index is 2.17. The minimum absolute atomic E-state index is 0.149. The Morgan fingerprint density at radius 3 is 2.78 bits per heavy atom. The van der Waals surface area contributed by atoms with Crippen molar-refractivity contribution in [2.45, 2.75) is 32.2 Å². The lowest BCUT2D eigenvalue weighted by Crippen LogP contribution is -2.42. The largest absolute Gasteiger partial charge is 0.480 e. The van der Waals surface area contributed by atoms with Gasteiger partial charge in [-0.1, -0.05) is 24.3 Å². The summed E-state index contributed by atoms with van der Waals surface area (Å²) in [5.74, 6) is -0.349. The number of carbonyl (C=O) groups is 1. The first-order valence-electron chi connectivity index (χ1n) is 6.35. The van der Waals surface area contributed by atoms with Crippen molar-refractivity contribution in [3.05, 3.63) is 41.0 Å². The number of anilines is 1. The van der Waals surface area contributed by atoms with Crippen molar-refractivity contribution >= 4 is 11.7 Å². The first kappa shape index (κ1) is 11.3. The molecule has 3 heteroatoms. The molecule has 0 amide bonds. The van der Waals surface area contributed by atoms with Gasteiger partial charge in [0.25, 0.3) is 0 Å². The molecule has 3 atom stereocenters. The molecule has 0 fully saturated rings. The van der Waals surface area contributed by atoms with Crippen LogP contribution in [0.25, 0.3) is 0 Å². The fourth-order valence-electron chi connectivity index (χ4n) is 3.29. The van der Waals surface area contributed by atoms with Crippen LogP contribution < -0.4 is 5.32 Å². The summed E-state index contributed by atoms with van der Waals surface area (Å²) in [7, 11) is 0. The standard InChI is InChI=1S/C15H17NO2/c1-8-6-7-9(2)13-12(8)10-4-3-5-11(10)14(16-13)15(17)18/h3-4,6-7,10-11,14,16H,5H2,1-2H3,(H,17,18)/t10-,11-,14+/m1/s1. The molecule has 3 rings (SSSR count). The van der Waals surface area contributed by atoms with Crippen molar-refractivity contribution in [1.82, 2.24) is 0 Å². The van der Waals surface area contributed by atoms with E-state index in [4.69, 9.17) is 0 Å². The van der Waals surface area contributed by atoms with Crippen LogP contribution in [-0.2, 0) is 4.79 Å². The van der Waals surface area contributed by atoms with Gasteiger partial charge in [-0.15, -0.1) is 0 Å². The Labute approximate surface area is 107 Å². The van der Waals surface area contributed by atoms with E-state index < -0.39 is 12.0 Å². The summed E-state index contributed by atoms with van der Waals surface area (Å²) in [6.07, 6.45) is 5.14. The van der Waals surface area contributed by atoms with Gasteiger partial charge in [-0.05, 0) is 37.0 Å². The van der Waals surface area contributed by atoms with Crippen LogP contribution in [0.3, 0.4) is 0 Å². The van der Waals surface area contributed by atoms with Gasteiger partial charge in [0, 0.05) is 17.5 Å². The Hall–Kier alpha value is -1.77. The van der Waals surface area contributed by atoms with Crippen LogP contribution in [-0.4, -0.2) is 17.1 Å². The molecule has 0 unspecified atom stereocenters. The molecule has 1 aromatic carbocycles. The number of rotatable bonds is 1. The summed E-state index contributed by atoms with van der Waals surface area (Å²) in [5.41, 5.74) is 4.68. The van der Waals surface area contributed by atoms with Crippen LogP contribution in [0, 0.1) is 19.8 Å². The van der Waals surface area contributed by atoms with Crippen LogP contribution >= 0.6 is 0 Å². The molecule has 1 aliphatic carbocycles. The third-order valence-electron chi connectivity index (χ3n) is 4.21. The lowest BCUT2D eigenvalue weighted by molar-refractivity contribution is -0.139.